The summed E-state index contributed by atoms with van der Waals surface area (Å²) in [7, 11) is 0. The second kappa shape index (κ2) is 6.42. The maximum absolute atomic E-state index is 12.2. The predicted octanol–water partition coefficient (Wildman–Crippen LogP) is 3.19. The van der Waals surface area contributed by atoms with Gasteiger partial charge >= 0.3 is 0 Å². The van der Waals surface area contributed by atoms with Gasteiger partial charge in [-0.2, -0.15) is 5.26 Å². The highest BCUT2D eigenvalue weighted by atomic mass is 16.3. The van der Waals surface area contributed by atoms with Crippen LogP contribution in [0.25, 0.3) is 6.08 Å². The highest BCUT2D eigenvalue weighted by molar-refractivity contribution is 6.01. The molecule has 1 heterocycles. The molecule has 0 radical (unpaired) electrons. The van der Waals surface area contributed by atoms with Crippen molar-refractivity contribution >= 4 is 12.0 Å². The van der Waals surface area contributed by atoms with Crippen molar-refractivity contribution in [1.82, 2.24) is 5.32 Å². The summed E-state index contributed by atoms with van der Waals surface area (Å²) in [5.74, 6) is 1.46. The summed E-state index contributed by atoms with van der Waals surface area (Å²) in [6.07, 6.45) is 5.98. The minimum absolute atomic E-state index is 0.0946. The Labute approximate surface area is 119 Å². The number of amides is 1. The topological polar surface area (TPSA) is 66.0 Å². The number of nitriles is 1. The fourth-order valence-corrected chi connectivity index (χ4v) is 2.60. The molecule has 0 saturated heterocycles. The zero-order valence-corrected chi connectivity index (χ0v) is 12.0. The lowest BCUT2D eigenvalue weighted by Crippen LogP contribution is -2.41. The van der Waals surface area contributed by atoms with Crippen LogP contribution in [0.3, 0.4) is 0 Å². The van der Waals surface area contributed by atoms with Crippen molar-refractivity contribution < 1.29 is 9.21 Å². The lowest BCUT2D eigenvalue weighted by Gasteiger charge is -2.29. The molecule has 4 nitrogen and oxygen atoms in total. The summed E-state index contributed by atoms with van der Waals surface area (Å²) < 4.78 is 5.37. The summed E-state index contributed by atoms with van der Waals surface area (Å²) in [5, 5.41) is 12.1. The van der Waals surface area contributed by atoms with Crippen LogP contribution in [0.5, 0.6) is 0 Å². The molecule has 0 spiro atoms. The summed E-state index contributed by atoms with van der Waals surface area (Å²) >= 11 is 0. The second-order valence-corrected chi connectivity index (χ2v) is 5.46. The van der Waals surface area contributed by atoms with Gasteiger partial charge in [-0.25, -0.2) is 0 Å². The largest absolute Gasteiger partial charge is 0.462 e. The molecule has 1 aliphatic carbocycles. The Bertz CT molecular complexity index is 551. The first-order valence-corrected chi connectivity index (χ1v) is 7.09. The van der Waals surface area contributed by atoms with E-state index >= 15 is 0 Å². The van der Waals surface area contributed by atoms with Gasteiger partial charge in [0.1, 0.15) is 23.2 Å². The molecular formula is C16H20N2O2. The molecule has 0 bridgehead atoms. The normalized spacial score (nSPS) is 23.1. The van der Waals surface area contributed by atoms with Crippen LogP contribution < -0.4 is 5.32 Å². The van der Waals surface area contributed by atoms with Crippen molar-refractivity contribution in [3.8, 4) is 6.07 Å². The molecule has 1 N–H and O–H groups in total. The summed E-state index contributed by atoms with van der Waals surface area (Å²) in [4.78, 5) is 12.2. The standard InChI is InChI=1S/C16H20N2O2/c1-11-5-3-4-6-15(11)18-16(19)13(10-17)9-14-8-7-12(2)20-14/h7-9,11,15H,3-6H2,1-2H3,(H,18,19)/b13-9+/t11-,15+/m1/s1. The molecule has 20 heavy (non-hydrogen) atoms. The smallest absolute Gasteiger partial charge is 0.262 e. The highest BCUT2D eigenvalue weighted by Gasteiger charge is 2.24. The van der Waals surface area contributed by atoms with E-state index in [1.807, 2.05) is 19.1 Å². The van der Waals surface area contributed by atoms with E-state index in [2.05, 4.69) is 12.2 Å². The van der Waals surface area contributed by atoms with Crippen LogP contribution >= 0.6 is 0 Å². The third-order valence-corrected chi connectivity index (χ3v) is 3.84. The predicted molar refractivity (Wildman–Crippen MR) is 76.6 cm³/mol. The van der Waals surface area contributed by atoms with Crippen molar-refractivity contribution in [2.45, 2.75) is 45.6 Å². The zero-order chi connectivity index (χ0) is 14.5. The fraction of sp³-hybridized carbons (Fsp3) is 0.500. The number of nitrogens with zero attached hydrogens (tertiary/aromatic N) is 1. The Hall–Kier alpha value is -2.02. The number of hydrogen-bond acceptors (Lipinski definition) is 3. The van der Waals surface area contributed by atoms with Crippen molar-refractivity contribution in [2.75, 3.05) is 0 Å². The molecule has 0 aromatic carbocycles. The van der Waals surface area contributed by atoms with Crippen LogP contribution in [0.4, 0.5) is 0 Å². The first-order valence-electron chi connectivity index (χ1n) is 7.09. The Morgan fingerprint density at radius 2 is 2.20 bits per heavy atom. The average molecular weight is 272 g/mol. The maximum Gasteiger partial charge on any atom is 0.262 e. The van der Waals surface area contributed by atoms with E-state index in [4.69, 9.17) is 9.68 Å². The molecule has 1 fully saturated rings. The molecule has 1 saturated carbocycles. The molecular weight excluding hydrogens is 252 g/mol. The van der Waals surface area contributed by atoms with Gasteiger partial charge in [-0.15, -0.1) is 0 Å². The minimum Gasteiger partial charge on any atom is -0.462 e. The third-order valence-electron chi connectivity index (χ3n) is 3.84. The van der Waals surface area contributed by atoms with Gasteiger partial charge in [0.25, 0.3) is 5.91 Å². The lowest BCUT2D eigenvalue weighted by atomic mass is 9.86. The Morgan fingerprint density at radius 1 is 1.45 bits per heavy atom. The molecule has 0 aliphatic heterocycles. The molecule has 1 aliphatic rings. The van der Waals surface area contributed by atoms with Crippen molar-refractivity contribution in [3.05, 3.63) is 29.2 Å². The van der Waals surface area contributed by atoms with Crippen LogP contribution in [0.2, 0.25) is 0 Å². The maximum atomic E-state index is 12.2. The Kier molecular flexibility index (Phi) is 4.62. The van der Waals surface area contributed by atoms with Gasteiger partial charge < -0.3 is 9.73 Å². The molecule has 4 heteroatoms. The van der Waals surface area contributed by atoms with E-state index in [0.29, 0.717) is 11.7 Å². The van der Waals surface area contributed by atoms with Crippen LogP contribution in [-0.2, 0) is 4.79 Å². The van der Waals surface area contributed by atoms with Gasteiger partial charge in [0.2, 0.25) is 0 Å². The molecule has 1 amide bonds. The van der Waals surface area contributed by atoms with E-state index in [-0.39, 0.29) is 17.5 Å². The monoisotopic (exact) mass is 272 g/mol. The second-order valence-electron chi connectivity index (χ2n) is 5.46. The molecule has 2 atom stereocenters. The quantitative estimate of drug-likeness (QED) is 0.678. The average Bonchev–Trinajstić information content (AvgIpc) is 2.84. The van der Waals surface area contributed by atoms with Crippen molar-refractivity contribution in [2.24, 2.45) is 5.92 Å². The van der Waals surface area contributed by atoms with Crippen LogP contribution in [0.1, 0.15) is 44.1 Å². The van der Waals surface area contributed by atoms with Gasteiger partial charge in [-0.05, 0) is 37.8 Å². The van der Waals surface area contributed by atoms with Gasteiger partial charge in [0.05, 0.1) is 0 Å². The summed E-state index contributed by atoms with van der Waals surface area (Å²) in [5.41, 5.74) is 0.0946. The summed E-state index contributed by atoms with van der Waals surface area (Å²) in [6, 6.07) is 5.69. The third kappa shape index (κ3) is 3.51. The number of hydrogen-bond donors (Lipinski definition) is 1. The number of nitrogens with one attached hydrogen (secondary N) is 1. The van der Waals surface area contributed by atoms with Crippen molar-refractivity contribution in [3.63, 3.8) is 0 Å². The van der Waals surface area contributed by atoms with E-state index in [1.54, 1.807) is 6.07 Å². The van der Waals surface area contributed by atoms with E-state index < -0.39 is 0 Å². The Balaban J connectivity index is 2.06. The number of carbonyl (C=O) groups is 1. The molecule has 1 aromatic rings. The van der Waals surface area contributed by atoms with Gasteiger partial charge in [0.15, 0.2) is 0 Å². The highest BCUT2D eigenvalue weighted by Crippen LogP contribution is 2.24. The first-order chi connectivity index (χ1) is 9.60. The molecule has 1 aromatic heterocycles. The van der Waals surface area contributed by atoms with Crippen molar-refractivity contribution in [1.29, 1.82) is 5.26 Å². The zero-order valence-electron chi connectivity index (χ0n) is 12.0. The van der Waals surface area contributed by atoms with Gasteiger partial charge in [0, 0.05) is 12.1 Å². The fourth-order valence-electron chi connectivity index (χ4n) is 2.60. The SMILES string of the molecule is Cc1ccc(/C=C(\C#N)C(=O)N[C@H]2CCCC[C@H]2C)o1. The lowest BCUT2D eigenvalue weighted by molar-refractivity contribution is -0.118. The number of rotatable bonds is 3. The Morgan fingerprint density at radius 3 is 2.80 bits per heavy atom. The van der Waals surface area contributed by atoms with E-state index in [1.165, 1.54) is 12.5 Å². The molecule has 0 unspecified atom stereocenters. The van der Waals surface area contributed by atoms with E-state index in [9.17, 15) is 4.79 Å². The number of furan rings is 1. The minimum atomic E-state index is -0.305. The van der Waals surface area contributed by atoms with Gasteiger partial charge in [-0.3, -0.25) is 4.79 Å². The molecule has 2 rings (SSSR count). The number of aryl methyl sites for hydroxylation is 1. The van der Waals surface area contributed by atoms with Crippen LogP contribution in [0.15, 0.2) is 22.1 Å². The van der Waals surface area contributed by atoms with Crippen LogP contribution in [0, 0.1) is 24.2 Å². The number of carbonyl (C=O) groups excluding carboxylic acids is 1. The first kappa shape index (κ1) is 14.4. The van der Waals surface area contributed by atoms with E-state index in [0.717, 1.165) is 25.0 Å². The summed E-state index contributed by atoms with van der Waals surface area (Å²) in [6.45, 7) is 3.98. The molecule has 106 valence electrons. The van der Waals surface area contributed by atoms with Gasteiger partial charge in [-0.1, -0.05) is 19.8 Å². The van der Waals surface area contributed by atoms with Crippen LogP contribution in [-0.4, -0.2) is 11.9 Å².